The number of rotatable bonds is 5. The van der Waals surface area contributed by atoms with Crippen molar-refractivity contribution in [3.8, 4) is 0 Å². The van der Waals surface area contributed by atoms with Gasteiger partial charge in [0.15, 0.2) is 5.76 Å². The molecule has 2 aliphatic rings. The fraction of sp³-hybridized carbons (Fsp3) is 0.750. The summed E-state index contributed by atoms with van der Waals surface area (Å²) < 4.78 is 5.35. The molecule has 1 aliphatic carbocycles. The quantitative estimate of drug-likeness (QED) is 0.806. The van der Waals surface area contributed by atoms with Gasteiger partial charge >= 0.3 is 0 Å². The average molecular weight is 361 g/mol. The number of amides is 2. The van der Waals surface area contributed by atoms with Crippen LogP contribution in [0.15, 0.2) is 4.52 Å². The van der Waals surface area contributed by atoms with Gasteiger partial charge in [-0.3, -0.25) is 9.59 Å². The Morgan fingerprint density at radius 1 is 1.12 bits per heavy atom. The predicted molar refractivity (Wildman–Crippen MR) is 99.0 cm³/mol. The Labute approximate surface area is 155 Å². The van der Waals surface area contributed by atoms with E-state index in [-0.39, 0.29) is 17.7 Å². The number of hydrogen-bond donors (Lipinski definition) is 0. The SMILES string of the molecule is Cc1noc(C(C)C)c1C(=O)N1CCN(C(=O)CCC2CCCC2)CC1. The highest BCUT2D eigenvalue weighted by Crippen LogP contribution is 2.29. The molecule has 0 bridgehead atoms. The van der Waals surface area contributed by atoms with Crippen LogP contribution < -0.4 is 0 Å². The molecule has 0 radical (unpaired) electrons. The molecule has 0 atom stereocenters. The largest absolute Gasteiger partial charge is 0.360 e. The normalized spacial score (nSPS) is 18.8. The van der Waals surface area contributed by atoms with E-state index in [2.05, 4.69) is 5.16 Å². The summed E-state index contributed by atoms with van der Waals surface area (Å²) in [5.74, 6) is 1.74. The maximum Gasteiger partial charge on any atom is 0.259 e. The molecule has 0 unspecified atom stereocenters. The first kappa shape index (κ1) is 18.9. The molecule has 1 aliphatic heterocycles. The number of piperazine rings is 1. The number of aryl methyl sites for hydroxylation is 1. The van der Waals surface area contributed by atoms with Crippen molar-refractivity contribution >= 4 is 11.8 Å². The van der Waals surface area contributed by atoms with E-state index in [9.17, 15) is 9.59 Å². The van der Waals surface area contributed by atoms with Gasteiger partial charge in [-0.25, -0.2) is 0 Å². The van der Waals surface area contributed by atoms with Crippen molar-refractivity contribution in [3.05, 3.63) is 17.0 Å². The first-order valence-electron chi connectivity index (χ1n) is 10.0. The summed E-state index contributed by atoms with van der Waals surface area (Å²) >= 11 is 0. The third-order valence-corrected chi connectivity index (χ3v) is 5.79. The highest BCUT2D eigenvalue weighted by atomic mass is 16.5. The smallest absolute Gasteiger partial charge is 0.259 e. The molecule has 0 spiro atoms. The van der Waals surface area contributed by atoms with E-state index >= 15 is 0 Å². The molecule has 2 fully saturated rings. The van der Waals surface area contributed by atoms with Crippen molar-refractivity contribution in [2.24, 2.45) is 5.92 Å². The Morgan fingerprint density at radius 2 is 1.73 bits per heavy atom. The number of aromatic nitrogens is 1. The van der Waals surface area contributed by atoms with Crippen molar-refractivity contribution in [2.45, 2.75) is 65.2 Å². The highest BCUT2D eigenvalue weighted by Gasteiger charge is 2.30. The molecular formula is C20H31N3O3. The summed E-state index contributed by atoms with van der Waals surface area (Å²) in [5, 5.41) is 3.97. The van der Waals surface area contributed by atoms with Crippen LogP contribution in [0.25, 0.3) is 0 Å². The summed E-state index contributed by atoms with van der Waals surface area (Å²) in [6, 6.07) is 0. The Balaban J connectivity index is 1.52. The molecule has 1 aromatic rings. The molecule has 2 amide bonds. The average Bonchev–Trinajstić information content (AvgIpc) is 3.28. The van der Waals surface area contributed by atoms with Crippen LogP contribution in [0.2, 0.25) is 0 Å². The summed E-state index contributed by atoms with van der Waals surface area (Å²) in [5.41, 5.74) is 1.25. The maximum atomic E-state index is 12.9. The van der Waals surface area contributed by atoms with Gasteiger partial charge in [-0.1, -0.05) is 44.7 Å². The van der Waals surface area contributed by atoms with Gasteiger partial charge in [0.25, 0.3) is 5.91 Å². The van der Waals surface area contributed by atoms with Crippen LogP contribution in [-0.2, 0) is 4.79 Å². The molecule has 26 heavy (non-hydrogen) atoms. The minimum Gasteiger partial charge on any atom is -0.360 e. The predicted octanol–water partition coefficient (Wildman–Crippen LogP) is 3.36. The van der Waals surface area contributed by atoms with E-state index in [1.165, 1.54) is 25.7 Å². The van der Waals surface area contributed by atoms with Crippen LogP contribution >= 0.6 is 0 Å². The second-order valence-electron chi connectivity index (χ2n) is 8.02. The Morgan fingerprint density at radius 3 is 2.35 bits per heavy atom. The minimum absolute atomic E-state index is 0.0227. The lowest BCUT2D eigenvalue weighted by Crippen LogP contribution is -2.50. The van der Waals surface area contributed by atoms with E-state index in [0.29, 0.717) is 49.6 Å². The monoisotopic (exact) mass is 361 g/mol. The van der Waals surface area contributed by atoms with Crippen molar-refractivity contribution in [2.75, 3.05) is 26.2 Å². The Kier molecular flexibility index (Phi) is 5.99. The zero-order chi connectivity index (χ0) is 18.7. The molecule has 3 rings (SSSR count). The first-order valence-corrected chi connectivity index (χ1v) is 10.0. The van der Waals surface area contributed by atoms with Crippen molar-refractivity contribution in [1.82, 2.24) is 15.0 Å². The molecule has 144 valence electrons. The third-order valence-electron chi connectivity index (χ3n) is 5.79. The zero-order valence-electron chi connectivity index (χ0n) is 16.3. The molecule has 1 saturated heterocycles. The number of hydrogen-bond acceptors (Lipinski definition) is 4. The van der Waals surface area contributed by atoms with Gasteiger partial charge in [-0.15, -0.1) is 0 Å². The lowest BCUT2D eigenvalue weighted by atomic mass is 10.0. The fourth-order valence-electron chi connectivity index (χ4n) is 4.14. The van der Waals surface area contributed by atoms with E-state index < -0.39 is 0 Å². The van der Waals surface area contributed by atoms with Gasteiger partial charge in [0.05, 0.1) is 5.69 Å². The van der Waals surface area contributed by atoms with Gasteiger partial charge < -0.3 is 14.3 Å². The van der Waals surface area contributed by atoms with E-state index in [4.69, 9.17) is 4.52 Å². The molecule has 0 aromatic carbocycles. The van der Waals surface area contributed by atoms with Gasteiger partial charge in [-0.2, -0.15) is 0 Å². The molecule has 6 nitrogen and oxygen atoms in total. The molecule has 1 saturated carbocycles. The topological polar surface area (TPSA) is 66.7 Å². The van der Waals surface area contributed by atoms with Crippen LogP contribution in [0.5, 0.6) is 0 Å². The van der Waals surface area contributed by atoms with Gasteiger partial charge in [-0.05, 0) is 19.3 Å². The standard InChI is InChI=1S/C20H31N3O3/c1-14(2)19-18(15(3)21-26-19)20(25)23-12-10-22(11-13-23)17(24)9-8-16-6-4-5-7-16/h14,16H,4-13H2,1-3H3. The van der Waals surface area contributed by atoms with Crippen molar-refractivity contribution < 1.29 is 14.1 Å². The molecule has 2 heterocycles. The second-order valence-corrected chi connectivity index (χ2v) is 8.02. The van der Waals surface area contributed by atoms with Gasteiger partial charge in [0, 0.05) is 38.5 Å². The fourth-order valence-corrected chi connectivity index (χ4v) is 4.14. The maximum absolute atomic E-state index is 12.9. The highest BCUT2D eigenvalue weighted by molar-refractivity contribution is 5.96. The van der Waals surface area contributed by atoms with Crippen LogP contribution in [0.4, 0.5) is 0 Å². The van der Waals surface area contributed by atoms with Crippen LogP contribution in [0.1, 0.15) is 80.1 Å². The van der Waals surface area contributed by atoms with Crippen LogP contribution in [0, 0.1) is 12.8 Å². The summed E-state index contributed by atoms with van der Waals surface area (Å²) in [4.78, 5) is 29.1. The summed E-state index contributed by atoms with van der Waals surface area (Å²) in [6.45, 7) is 8.21. The number of carbonyl (C=O) groups excluding carboxylic acids is 2. The zero-order valence-corrected chi connectivity index (χ0v) is 16.3. The minimum atomic E-state index is -0.0227. The van der Waals surface area contributed by atoms with E-state index in [0.717, 1.165) is 12.3 Å². The lowest BCUT2D eigenvalue weighted by molar-refractivity contribution is -0.133. The molecular weight excluding hydrogens is 330 g/mol. The second kappa shape index (κ2) is 8.23. The molecule has 0 N–H and O–H groups in total. The third kappa shape index (κ3) is 4.10. The number of nitrogens with zero attached hydrogens (tertiary/aromatic N) is 3. The first-order chi connectivity index (χ1) is 12.5. The van der Waals surface area contributed by atoms with Gasteiger partial charge in [0.2, 0.25) is 5.91 Å². The van der Waals surface area contributed by atoms with E-state index in [1.54, 1.807) is 0 Å². The molecule has 1 aromatic heterocycles. The lowest BCUT2D eigenvalue weighted by Gasteiger charge is -2.35. The van der Waals surface area contributed by atoms with Crippen molar-refractivity contribution in [3.63, 3.8) is 0 Å². The number of carbonyl (C=O) groups is 2. The summed E-state index contributed by atoms with van der Waals surface area (Å²) in [7, 11) is 0. The molecule has 6 heteroatoms. The van der Waals surface area contributed by atoms with Gasteiger partial charge in [0.1, 0.15) is 5.56 Å². The Hall–Kier alpha value is -1.85. The van der Waals surface area contributed by atoms with Crippen LogP contribution in [-0.4, -0.2) is 52.9 Å². The summed E-state index contributed by atoms with van der Waals surface area (Å²) in [6.07, 6.45) is 6.88. The Bertz CT molecular complexity index is 639. The van der Waals surface area contributed by atoms with E-state index in [1.807, 2.05) is 30.6 Å². The van der Waals surface area contributed by atoms with Crippen LogP contribution in [0.3, 0.4) is 0 Å². The van der Waals surface area contributed by atoms with Crippen molar-refractivity contribution in [1.29, 1.82) is 0 Å².